The number of aromatic nitrogens is 3. The number of carbonyl (C=O) groups excluding carboxylic acids is 1. The number of benzene rings is 2. The monoisotopic (exact) mass is 370 g/mol. The summed E-state index contributed by atoms with van der Waals surface area (Å²) < 4.78 is 5.74. The van der Waals surface area contributed by atoms with Crippen LogP contribution in [0.1, 0.15) is 6.92 Å². The Kier molecular flexibility index (Phi) is 4.93. The highest BCUT2D eigenvalue weighted by Gasteiger charge is 2.15. The summed E-state index contributed by atoms with van der Waals surface area (Å²) in [6.07, 6.45) is 4.34. The van der Waals surface area contributed by atoms with Gasteiger partial charge in [-0.05, 0) is 55.5 Å². The summed E-state index contributed by atoms with van der Waals surface area (Å²) in [4.78, 5) is 25.3. The molecule has 28 heavy (non-hydrogen) atoms. The molecule has 0 aliphatic carbocycles. The molecule has 0 fully saturated rings. The van der Waals surface area contributed by atoms with Gasteiger partial charge in [-0.15, -0.1) is 0 Å². The van der Waals surface area contributed by atoms with E-state index in [2.05, 4.69) is 20.3 Å². The van der Waals surface area contributed by atoms with Crippen molar-refractivity contribution in [2.45, 2.75) is 13.0 Å². The fourth-order valence-electron chi connectivity index (χ4n) is 2.74. The maximum absolute atomic E-state index is 12.2. The topological polar surface area (TPSA) is 77.0 Å². The molecule has 2 aromatic carbocycles. The van der Waals surface area contributed by atoms with Crippen LogP contribution in [0.25, 0.3) is 22.3 Å². The van der Waals surface area contributed by atoms with Crippen molar-refractivity contribution in [3.8, 4) is 17.0 Å². The molecular formula is C22H18N4O2. The van der Waals surface area contributed by atoms with Crippen molar-refractivity contribution in [3.63, 3.8) is 0 Å². The van der Waals surface area contributed by atoms with Crippen LogP contribution in [0.2, 0.25) is 0 Å². The number of hydrogen-bond donors (Lipinski definition) is 1. The third kappa shape index (κ3) is 3.96. The molecule has 4 aromatic rings. The lowest BCUT2D eigenvalue weighted by Crippen LogP contribution is -2.30. The molecule has 0 radical (unpaired) electrons. The Morgan fingerprint density at radius 1 is 0.964 bits per heavy atom. The standard InChI is InChI=1S/C22H18N4O2/c1-15(22(27)25-17-5-4-12-23-13-17)28-18-10-8-16(9-11-18)21-14-24-19-6-2-3-7-20(19)26-21/h2-15H,1H3,(H,25,27). The van der Waals surface area contributed by atoms with Crippen LogP contribution in [0.15, 0.2) is 79.3 Å². The third-order valence-electron chi connectivity index (χ3n) is 4.21. The predicted octanol–water partition coefficient (Wildman–Crippen LogP) is 4.10. The Morgan fingerprint density at radius 2 is 1.75 bits per heavy atom. The lowest BCUT2D eigenvalue weighted by Gasteiger charge is -2.15. The highest BCUT2D eigenvalue weighted by molar-refractivity contribution is 5.93. The van der Waals surface area contributed by atoms with Crippen LogP contribution in [0.4, 0.5) is 5.69 Å². The van der Waals surface area contributed by atoms with E-state index in [0.29, 0.717) is 11.4 Å². The molecule has 1 unspecified atom stereocenters. The first-order valence-electron chi connectivity index (χ1n) is 8.89. The van der Waals surface area contributed by atoms with Gasteiger partial charge in [0.2, 0.25) is 0 Å². The Morgan fingerprint density at radius 3 is 2.50 bits per heavy atom. The van der Waals surface area contributed by atoms with E-state index in [4.69, 9.17) is 4.74 Å². The Labute approximate surface area is 162 Å². The molecule has 1 amide bonds. The van der Waals surface area contributed by atoms with E-state index in [-0.39, 0.29) is 5.91 Å². The number of nitrogens with zero attached hydrogens (tertiary/aromatic N) is 3. The summed E-state index contributed by atoms with van der Waals surface area (Å²) in [7, 11) is 0. The smallest absolute Gasteiger partial charge is 0.265 e. The van der Waals surface area contributed by atoms with Gasteiger partial charge in [0.1, 0.15) is 5.75 Å². The number of para-hydroxylation sites is 2. The van der Waals surface area contributed by atoms with Crippen molar-refractivity contribution in [2.24, 2.45) is 0 Å². The molecule has 2 aromatic heterocycles. The van der Waals surface area contributed by atoms with E-state index in [1.54, 1.807) is 37.6 Å². The molecule has 1 atom stereocenters. The van der Waals surface area contributed by atoms with E-state index in [1.807, 2.05) is 48.5 Å². The van der Waals surface area contributed by atoms with Crippen molar-refractivity contribution in [1.29, 1.82) is 0 Å². The third-order valence-corrected chi connectivity index (χ3v) is 4.21. The van der Waals surface area contributed by atoms with Gasteiger partial charge in [0, 0.05) is 11.8 Å². The van der Waals surface area contributed by atoms with Crippen molar-refractivity contribution in [1.82, 2.24) is 15.0 Å². The van der Waals surface area contributed by atoms with Crippen LogP contribution in [-0.4, -0.2) is 27.0 Å². The summed E-state index contributed by atoms with van der Waals surface area (Å²) in [5.74, 6) is 0.365. The van der Waals surface area contributed by atoms with E-state index in [9.17, 15) is 4.79 Å². The zero-order chi connectivity index (χ0) is 19.3. The van der Waals surface area contributed by atoms with Gasteiger partial charge < -0.3 is 10.1 Å². The number of hydrogen-bond acceptors (Lipinski definition) is 5. The van der Waals surface area contributed by atoms with Crippen LogP contribution in [0, 0.1) is 0 Å². The number of ether oxygens (including phenoxy) is 1. The summed E-state index contributed by atoms with van der Waals surface area (Å²) in [6, 6.07) is 18.7. The summed E-state index contributed by atoms with van der Waals surface area (Å²) in [6.45, 7) is 1.70. The summed E-state index contributed by atoms with van der Waals surface area (Å²) in [5, 5.41) is 2.77. The SMILES string of the molecule is CC(Oc1ccc(-c2cnc3ccccc3n2)cc1)C(=O)Nc1cccnc1. The highest BCUT2D eigenvalue weighted by atomic mass is 16.5. The second-order valence-electron chi connectivity index (χ2n) is 6.26. The Bertz CT molecular complexity index is 1100. The highest BCUT2D eigenvalue weighted by Crippen LogP contribution is 2.22. The quantitative estimate of drug-likeness (QED) is 0.572. The first-order chi connectivity index (χ1) is 13.7. The molecule has 6 heteroatoms. The van der Waals surface area contributed by atoms with Gasteiger partial charge in [0.25, 0.3) is 5.91 Å². The molecule has 1 N–H and O–H groups in total. The predicted molar refractivity (Wildman–Crippen MR) is 108 cm³/mol. The molecule has 0 aliphatic heterocycles. The number of rotatable bonds is 5. The number of pyridine rings is 1. The van der Waals surface area contributed by atoms with Crippen LogP contribution in [0.5, 0.6) is 5.75 Å². The normalized spacial score (nSPS) is 11.8. The van der Waals surface area contributed by atoms with Gasteiger partial charge in [-0.1, -0.05) is 12.1 Å². The average Bonchev–Trinajstić information content (AvgIpc) is 2.74. The largest absolute Gasteiger partial charge is 0.481 e. The molecule has 0 aliphatic rings. The average molecular weight is 370 g/mol. The van der Waals surface area contributed by atoms with Gasteiger partial charge in [0.05, 0.1) is 34.8 Å². The van der Waals surface area contributed by atoms with Crippen LogP contribution in [0.3, 0.4) is 0 Å². The van der Waals surface area contributed by atoms with Crippen molar-refractivity contribution in [2.75, 3.05) is 5.32 Å². The second-order valence-corrected chi connectivity index (χ2v) is 6.26. The molecule has 0 saturated carbocycles. The van der Waals surface area contributed by atoms with Crippen molar-refractivity contribution in [3.05, 3.63) is 79.3 Å². The number of nitrogens with one attached hydrogen (secondary N) is 1. The molecule has 0 saturated heterocycles. The summed E-state index contributed by atoms with van der Waals surface area (Å²) in [5.41, 5.74) is 4.06. The summed E-state index contributed by atoms with van der Waals surface area (Å²) >= 11 is 0. The first-order valence-corrected chi connectivity index (χ1v) is 8.89. The Balaban J connectivity index is 1.44. The van der Waals surface area contributed by atoms with Gasteiger partial charge in [0.15, 0.2) is 6.10 Å². The Hall–Kier alpha value is -3.80. The lowest BCUT2D eigenvalue weighted by atomic mass is 10.1. The lowest BCUT2D eigenvalue weighted by molar-refractivity contribution is -0.122. The van der Waals surface area contributed by atoms with Crippen LogP contribution in [-0.2, 0) is 4.79 Å². The zero-order valence-electron chi connectivity index (χ0n) is 15.2. The van der Waals surface area contributed by atoms with E-state index < -0.39 is 6.10 Å². The van der Waals surface area contributed by atoms with Crippen LogP contribution >= 0.6 is 0 Å². The van der Waals surface area contributed by atoms with Gasteiger partial charge in [-0.2, -0.15) is 0 Å². The van der Waals surface area contributed by atoms with Gasteiger partial charge in [-0.3, -0.25) is 14.8 Å². The molecular weight excluding hydrogens is 352 g/mol. The zero-order valence-corrected chi connectivity index (χ0v) is 15.2. The molecule has 4 rings (SSSR count). The second kappa shape index (κ2) is 7.84. The maximum atomic E-state index is 12.2. The van der Waals surface area contributed by atoms with Crippen LogP contribution < -0.4 is 10.1 Å². The number of anilines is 1. The molecule has 0 spiro atoms. The number of carbonyl (C=O) groups is 1. The molecule has 138 valence electrons. The minimum absolute atomic E-state index is 0.238. The fourth-order valence-corrected chi connectivity index (χ4v) is 2.74. The van der Waals surface area contributed by atoms with Crippen molar-refractivity contribution >= 4 is 22.6 Å². The molecule has 6 nitrogen and oxygen atoms in total. The maximum Gasteiger partial charge on any atom is 0.265 e. The van der Waals surface area contributed by atoms with Crippen molar-refractivity contribution < 1.29 is 9.53 Å². The number of amides is 1. The number of fused-ring (bicyclic) bond motifs is 1. The molecule has 0 bridgehead atoms. The van der Waals surface area contributed by atoms with E-state index in [1.165, 1.54) is 0 Å². The molecule has 2 heterocycles. The van der Waals surface area contributed by atoms with Gasteiger partial charge in [-0.25, -0.2) is 4.98 Å². The first kappa shape index (κ1) is 17.6. The minimum atomic E-state index is -0.647. The minimum Gasteiger partial charge on any atom is -0.481 e. The van der Waals surface area contributed by atoms with Gasteiger partial charge >= 0.3 is 0 Å². The van der Waals surface area contributed by atoms with E-state index >= 15 is 0 Å². The van der Waals surface area contributed by atoms with E-state index in [0.717, 1.165) is 22.3 Å². The fraction of sp³-hybridized carbons (Fsp3) is 0.0909.